The minimum Gasteiger partial charge on any atom is -0.496 e. The molecule has 3 saturated carbocycles. The second-order valence-electron chi connectivity index (χ2n) is 16.4. The number of benzene rings is 3. The normalized spacial score (nSPS) is 27.5. The highest BCUT2D eigenvalue weighted by Gasteiger charge is 2.57. The molecule has 3 aromatic rings. The van der Waals surface area contributed by atoms with Crippen LogP contribution in [0, 0.1) is 29.1 Å². The number of hydrogen-bond acceptors (Lipinski definition) is 8. The maximum absolute atomic E-state index is 14.2. The van der Waals surface area contributed by atoms with Crippen LogP contribution in [0.3, 0.4) is 0 Å². The quantitative estimate of drug-likeness (QED) is 0.185. The van der Waals surface area contributed by atoms with Gasteiger partial charge in [-0.3, -0.25) is 14.4 Å². The van der Waals surface area contributed by atoms with Gasteiger partial charge in [0, 0.05) is 41.2 Å². The van der Waals surface area contributed by atoms with Crippen molar-refractivity contribution in [3.63, 3.8) is 0 Å². The van der Waals surface area contributed by atoms with Crippen LogP contribution in [0.1, 0.15) is 62.0 Å². The van der Waals surface area contributed by atoms with Crippen molar-refractivity contribution >= 4 is 11.8 Å². The minimum atomic E-state index is -0.885. The van der Waals surface area contributed by atoms with E-state index in [-0.39, 0.29) is 37.0 Å². The second-order valence-corrected chi connectivity index (χ2v) is 16.4. The number of carbonyl (C=O) groups excluding carboxylic acids is 2. The third-order valence-electron chi connectivity index (χ3n) is 12.4. The van der Waals surface area contributed by atoms with E-state index >= 15 is 0 Å². The number of aliphatic hydroxyl groups excluding tert-OH is 2. The van der Waals surface area contributed by atoms with Gasteiger partial charge in [-0.15, -0.1) is 0 Å². The molecular formula is C43H58N4O6. The molecule has 286 valence electrons. The monoisotopic (exact) mass is 726 g/mol. The first-order valence-corrected chi connectivity index (χ1v) is 19.1. The van der Waals surface area contributed by atoms with Crippen molar-refractivity contribution in [2.75, 3.05) is 34.4 Å². The standard InChI is InChI=1S/C43H58N4O6/c1-26-35-21-32(43(35,3)4)22-36(26)45-42(51)39-38(27(2)49)37(25-48)53-47(39)23-31-14-11-15-34(40(31)52-7)29-16-18-30(19-17-29)41(50)44-33(24-46(5)6)20-28-12-9-8-10-13-28/h8-19,26-27,32-33,35-39,48-49H,20-25H2,1-7H3,(H,44,50)(H,45,51)/t26-,27-,32-,33-,35-,36-,37-,38+,39-/m0/s1. The first-order chi connectivity index (χ1) is 25.3. The van der Waals surface area contributed by atoms with Crippen LogP contribution in [0.5, 0.6) is 5.75 Å². The molecule has 1 aliphatic heterocycles. The summed E-state index contributed by atoms with van der Waals surface area (Å²) in [7, 11) is 5.62. The number of hydrogen-bond donors (Lipinski definition) is 4. The predicted octanol–water partition coefficient (Wildman–Crippen LogP) is 4.93. The lowest BCUT2D eigenvalue weighted by Gasteiger charge is -2.62. The summed E-state index contributed by atoms with van der Waals surface area (Å²) in [4.78, 5) is 35.9. The molecule has 4 N–H and O–H groups in total. The molecular weight excluding hydrogens is 668 g/mol. The van der Waals surface area contributed by atoms with Gasteiger partial charge in [0.25, 0.3) is 5.91 Å². The van der Waals surface area contributed by atoms with Crippen LogP contribution in [-0.4, -0.2) is 96.7 Å². The topological polar surface area (TPSA) is 124 Å². The van der Waals surface area contributed by atoms with Crippen molar-refractivity contribution < 1.29 is 29.4 Å². The van der Waals surface area contributed by atoms with Crippen LogP contribution >= 0.6 is 0 Å². The Morgan fingerprint density at radius 1 is 1.04 bits per heavy atom. The maximum atomic E-state index is 14.2. The molecule has 10 heteroatoms. The average Bonchev–Trinajstić information content (AvgIpc) is 3.51. The Morgan fingerprint density at radius 3 is 2.36 bits per heavy atom. The number of nitrogens with zero attached hydrogens (tertiary/aromatic N) is 2. The number of carbonyl (C=O) groups is 2. The van der Waals surface area contributed by atoms with Gasteiger partial charge in [0.05, 0.1) is 26.4 Å². The molecule has 2 amide bonds. The number of rotatable bonds is 14. The van der Waals surface area contributed by atoms with Crippen molar-refractivity contribution in [3.05, 3.63) is 89.5 Å². The Bertz CT molecular complexity index is 1710. The fraction of sp³-hybridized carbons (Fsp3) is 0.535. The Balaban J connectivity index is 1.19. The van der Waals surface area contributed by atoms with E-state index in [1.807, 2.05) is 74.8 Å². The van der Waals surface area contributed by atoms with Gasteiger partial charge in [0.2, 0.25) is 5.91 Å². The summed E-state index contributed by atoms with van der Waals surface area (Å²) in [6, 6.07) is 22.7. The van der Waals surface area contributed by atoms with Gasteiger partial charge in [0.15, 0.2) is 0 Å². The van der Waals surface area contributed by atoms with Crippen LogP contribution in [0.15, 0.2) is 72.8 Å². The molecule has 0 aromatic heterocycles. The van der Waals surface area contributed by atoms with Crippen molar-refractivity contribution in [2.24, 2.45) is 29.1 Å². The number of para-hydroxylation sites is 1. The second kappa shape index (κ2) is 16.3. The Labute approximate surface area is 314 Å². The summed E-state index contributed by atoms with van der Waals surface area (Å²) in [6.07, 6.45) is 1.25. The number of amides is 2. The molecule has 1 heterocycles. The number of hydroxylamine groups is 2. The third-order valence-corrected chi connectivity index (χ3v) is 12.4. The van der Waals surface area contributed by atoms with Gasteiger partial charge in [0.1, 0.15) is 17.9 Å². The maximum Gasteiger partial charge on any atom is 0.251 e. The molecule has 9 atom stereocenters. The fourth-order valence-electron chi connectivity index (χ4n) is 9.40. The lowest BCUT2D eigenvalue weighted by Crippen LogP contribution is -2.62. The molecule has 3 aliphatic carbocycles. The summed E-state index contributed by atoms with van der Waals surface area (Å²) in [5.74, 6) is 1.16. The van der Waals surface area contributed by atoms with Crippen LogP contribution in [0.2, 0.25) is 0 Å². The summed E-state index contributed by atoms with van der Waals surface area (Å²) >= 11 is 0. The van der Waals surface area contributed by atoms with E-state index in [2.05, 4.69) is 48.4 Å². The van der Waals surface area contributed by atoms with Gasteiger partial charge in [-0.05, 0) is 86.7 Å². The summed E-state index contributed by atoms with van der Waals surface area (Å²) in [5, 5.41) is 29.4. The van der Waals surface area contributed by atoms with Crippen LogP contribution in [-0.2, 0) is 22.6 Å². The Hall–Kier alpha value is -3.80. The van der Waals surface area contributed by atoms with Gasteiger partial charge >= 0.3 is 0 Å². The number of methoxy groups -OCH3 is 1. The first-order valence-electron chi connectivity index (χ1n) is 19.1. The molecule has 1 saturated heterocycles. The minimum absolute atomic E-state index is 0.0506. The highest BCUT2D eigenvalue weighted by Crippen LogP contribution is 2.61. The summed E-state index contributed by atoms with van der Waals surface area (Å²) < 4.78 is 5.99. The largest absolute Gasteiger partial charge is 0.496 e. The van der Waals surface area contributed by atoms with E-state index in [0.29, 0.717) is 41.0 Å². The molecule has 0 unspecified atom stereocenters. The number of nitrogens with one attached hydrogen (secondary N) is 2. The SMILES string of the molecule is COc1c(CN2O[C@@H](CO)[C@@H]([C@H](C)O)[C@H]2C(=O)N[C@H]2C[C@@H]3C[C@@H]([C@@H]2C)C3(C)C)cccc1-c1ccc(C(=O)N[C@@H](Cc2ccccc2)CN(C)C)cc1. The van der Waals surface area contributed by atoms with E-state index in [1.165, 1.54) is 12.0 Å². The van der Waals surface area contributed by atoms with E-state index in [0.717, 1.165) is 29.5 Å². The van der Waals surface area contributed by atoms with Crippen molar-refractivity contribution in [2.45, 2.75) is 83.8 Å². The van der Waals surface area contributed by atoms with Crippen LogP contribution < -0.4 is 15.4 Å². The molecule has 2 bridgehead atoms. The molecule has 4 fully saturated rings. The van der Waals surface area contributed by atoms with E-state index in [9.17, 15) is 19.8 Å². The van der Waals surface area contributed by atoms with Gasteiger partial charge < -0.3 is 30.5 Å². The number of ether oxygens (including phenoxy) is 1. The number of likely N-dealkylation sites (N-methyl/N-ethyl adjacent to an activating group) is 1. The Morgan fingerprint density at radius 2 is 1.75 bits per heavy atom. The highest BCUT2D eigenvalue weighted by molar-refractivity contribution is 5.95. The molecule has 0 spiro atoms. The van der Waals surface area contributed by atoms with Gasteiger partial charge in [-0.2, -0.15) is 5.06 Å². The zero-order valence-corrected chi connectivity index (χ0v) is 32.3. The third kappa shape index (κ3) is 8.17. The highest BCUT2D eigenvalue weighted by atomic mass is 16.7. The molecule has 3 aromatic carbocycles. The van der Waals surface area contributed by atoms with Gasteiger partial charge in [-0.25, -0.2) is 0 Å². The van der Waals surface area contributed by atoms with Crippen molar-refractivity contribution in [1.82, 2.24) is 20.6 Å². The summed E-state index contributed by atoms with van der Waals surface area (Å²) in [5.41, 5.74) is 4.51. The molecule has 0 radical (unpaired) electrons. The Kier molecular flexibility index (Phi) is 12.0. The summed E-state index contributed by atoms with van der Waals surface area (Å²) in [6.45, 7) is 9.15. The zero-order chi connectivity index (χ0) is 38.0. The molecule has 53 heavy (non-hydrogen) atoms. The fourth-order valence-corrected chi connectivity index (χ4v) is 9.40. The van der Waals surface area contributed by atoms with Crippen LogP contribution in [0.25, 0.3) is 11.1 Å². The van der Waals surface area contributed by atoms with E-state index < -0.39 is 24.2 Å². The lowest BCUT2D eigenvalue weighted by molar-refractivity contribution is -0.183. The molecule has 4 aliphatic rings. The molecule has 10 nitrogen and oxygen atoms in total. The zero-order valence-electron chi connectivity index (χ0n) is 32.3. The predicted molar refractivity (Wildman–Crippen MR) is 206 cm³/mol. The van der Waals surface area contributed by atoms with Gasteiger partial charge in [-0.1, -0.05) is 81.4 Å². The van der Waals surface area contributed by atoms with Crippen molar-refractivity contribution in [3.8, 4) is 16.9 Å². The lowest BCUT2D eigenvalue weighted by atomic mass is 9.45. The van der Waals surface area contributed by atoms with E-state index in [1.54, 1.807) is 19.1 Å². The smallest absolute Gasteiger partial charge is 0.251 e. The van der Waals surface area contributed by atoms with Crippen LogP contribution in [0.4, 0.5) is 0 Å². The van der Waals surface area contributed by atoms with Crippen molar-refractivity contribution in [1.29, 1.82) is 0 Å². The number of fused-ring (bicyclic) bond motifs is 2. The number of aliphatic hydroxyl groups is 2. The van der Waals surface area contributed by atoms with E-state index in [4.69, 9.17) is 9.57 Å². The first kappa shape index (κ1) is 38.9. The average molecular weight is 727 g/mol. The molecule has 7 rings (SSSR count).